The normalized spacial score (nSPS) is 14.4. The highest BCUT2D eigenvalue weighted by Gasteiger charge is 2.19. The molecule has 0 aliphatic carbocycles. The number of nitrogens with one attached hydrogen (secondary N) is 1. The van der Waals surface area contributed by atoms with Gasteiger partial charge in [0.05, 0.1) is 13.6 Å². The molecule has 5 heteroatoms. The summed E-state index contributed by atoms with van der Waals surface area (Å²) >= 11 is 0. The maximum atomic E-state index is 4.10. The van der Waals surface area contributed by atoms with Crippen LogP contribution in [0.5, 0.6) is 0 Å². The standard InChI is InChI=1S/C9H19N5/c1-7(9(2,3)4)10-6-8-11-13-14(5)12-8/h7,10H,6H2,1-5H3. The van der Waals surface area contributed by atoms with Crippen LogP contribution in [0.15, 0.2) is 0 Å². The van der Waals surface area contributed by atoms with Crippen LogP contribution in [0, 0.1) is 5.41 Å². The summed E-state index contributed by atoms with van der Waals surface area (Å²) < 4.78 is 0. The lowest BCUT2D eigenvalue weighted by Crippen LogP contribution is -2.37. The summed E-state index contributed by atoms with van der Waals surface area (Å²) in [5.74, 6) is 0.739. The summed E-state index contributed by atoms with van der Waals surface area (Å²) in [7, 11) is 1.77. The summed E-state index contributed by atoms with van der Waals surface area (Å²) in [6.45, 7) is 9.45. The Balaban J connectivity index is 2.41. The summed E-state index contributed by atoms with van der Waals surface area (Å²) in [6, 6.07) is 0.423. The second-order valence-corrected chi connectivity index (χ2v) is 4.66. The Labute approximate surface area is 84.9 Å². The van der Waals surface area contributed by atoms with Gasteiger partial charge in [0.1, 0.15) is 0 Å². The number of hydrogen-bond donors (Lipinski definition) is 1. The SMILES string of the molecule is CC(NCc1nnn(C)n1)C(C)(C)C. The van der Waals surface area contributed by atoms with Gasteiger partial charge in [0, 0.05) is 6.04 Å². The molecule has 0 amide bonds. The van der Waals surface area contributed by atoms with E-state index in [4.69, 9.17) is 0 Å². The van der Waals surface area contributed by atoms with Crippen LogP contribution in [-0.4, -0.2) is 26.2 Å². The minimum atomic E-state index is 0.252. The topological polar surface area (TPSA) is 55.6 Å². The summed E-state index contributed by atoms with van der Waals surface area (Å²) in [6.07, 6.45) is 0. The quantitative estimate of drug-likeness (QED) is 0.776. The highest BCUT2D eigenvalue weighted by Crippen LogP contribution is 2.18. The molecular formula is C9H19N5. The van der Waals surface area contributed by atoms with Crippen molar-refractivity contribution in [3.63, 3.8) is 0 Å². The molecule has 1 N–H and O–H groups in total. The molecule has 14 heavy (non-hydrogen) atoms. The van der Waals surface area contributed by atoms with Gasteiger partial charge in [0.2, 0.25) is 0 Å². The first kappa shape index (κ1) is 11.1. The third-order valence-electron chi connectivity index (χ3n) is 2.42. The number of hydrogen-bond acceptors (Lipinski definition) is 4. The Morgan fingerprint density at radius 1 is 1.43 bits per heavy atom. The van der Waals surface area contributed by atoms with Gasteiger partial charge in [-0.3, -0.25) is 0 Å². The van der Waals surface area contributed by atoms with E-state index in [1.807, 2.05) is 0 Å². The number of nitrogens with zero attached hydrogens (tertiary/aromatic N) is 4. The predicted octanol–water partition coefficient (Wildman–Crippen LogP) is 0.734. The van der Waals surface area contributed by atoms with Crippen LogP contribution in [0.1, 0.15) is 33.5 Å². The summed E-state index contributed by atoms with van der Waals surface area (Å²) in [5, 5.41) is 15.2. The largest absolute Gasteiger partial charge is 0.307 e. The van der Waals surface area contributed by atoms with Crippen molar-refractivity contribution in [2.75, 3.05) is 0 Å². The highest BCUT2D eigenvalue weighted by molar-refractivity contribution is 4.81. The van der Waals surface area contributed by atoms with E-state index in [-0.39, 0.29) is 5.41 Å². The van der Waals surface area contributed by atoms with Crippen LogP contribution in [0.4, 0.5) is 0 Å². The number of aryl methyl sites for hydroxylation is 1. The first-order valence-electron chi connectivity index (χ1n) is 4.86. The maximum absolute atomic E-state index is 4.10. The molecule has 0 aromatic carbocycles. The van der Waals surface area contributed by atoms with Crippen LogP contribution in [0.3, 0.4) is 0 Å². The minimum absolute atomic E-state index is 0.252. The van der Waals surface area contributed by atoms with Crippen molar-refractivity contribution in [1.82, 2.24) is 25.5 Å². The fourth-order valence-electron chi connectivity index (χ4n) is 0.945. The lowest BCUT2D eigenvalue weighted by Gasteiger charge is -2.27. The highest BCUT2D eigenvalue weighted by atomic mass is 15.6. The molecule has 1 aromatic heterocycles. The fourth-order valence-corrected chi connectivity index (χ4v) is 0.945. The minimum Gasteiger partial charge on any atom is -0.307 e. The molecule has 0 spiro atoms. The molecule has 0 bridgehead atoms. The van der Waals surface area contributed by atoms with Gasteiger partial charge in [-0.2, -0.15) is 4.80 Å². The molecular weight excluding hydrogens is 178 g/mol. The van der Waals surface area contributed by atoms with Gasteiger partial charge < -0.3 is 5.32 Å². The number of aromatic nitrogens is 4. The molecule has 80 valence electrons. The first-order chi connectivity index (χ1) is 6.39. The van der Waals surface area contributed by atoms with Crippen LogP contribution in [0.2, 0.25) is 0 Å². The zero-order valence-corrected chi connectivity index (χ0v) is 9.57. The molecule has 0 aliphatic rings. The van der Waals surface area contributed by atoms with Crippen molar-refractivity contribution in [1.29, 1.82) is 0 Å². The lowest BCUT2D eigenvalue weighted by atomic mass is 9.88. The van der Waals surface area contributed by atoms with Crippen molar-refractivity contribution in [3.8, 4) is 0 Å². The molecule has 1 aromatic rings. The van der Waals surface area contributed by atoms with Crippen LogP contribution < -0.4 is 5.32 Å². The Morgan fingerprint density at radius 3 is 2.50 bits per heavy atom. The van der Waals surface area contributed by atoms with E-state index in [1.54, 1.807) is 7.05 Å². The lowest BCUT2D eigenvalue weighted by molar-refractivity contribution is 0.283. The van der Waals surface area contributed by atoms with E-state index in [1.165, 1.54) is 4.80 Å². The zero-order valence-electron chi connectivity index (χ0n) is 9.57. The average Bonchev–Trinajstić information content (AvgIpc) is 2.45. The Kier molecular flexibility index (Phi) is 3.21. The van der Waals surface area contributed by atoms with Gasteiger partial charge in [-0.1, -0.05) is 20.8 Å². The van der Waals surface area contributed by atoms with Crippen molar-refractivity contribution in [3.05, 3.63) is 5.82 Å². The monoisotopic (exact) mass is 197 g/mol. The Bertz CT molecular complexity index is 286. The van der Waals surface area contributed by atoms with Crippen molar-refractivity contribution in [2.24, 2.45) is 12.5 Å². The Hall–Kier alpha value is -0.970. The van der Waals surface area contributed by atoms with E-state index in [2.05, 4.69) is 48.4 Å². The number of tetrazole rings is 1. The molecule has 1 rings (SSSR count). The maximum Gasteiger partial charge on any atom is 0.188 e. The van der Waals surface area contributed by atoms with Gasteiger partial charge in [0.15, 0.2) is 5.82 Å². The van der Waals surface area contributed by atoms with Crippen molar-refractivity contribution >= 4 is 0 Å². The zero-order chi connectivity index (χ0) is 10.8. The smallest absolute Gasteiger partial charge is 0.188 e. The molecule has 0 saturated carbocycles. The van der Waals surface area contributed by atoms with Crippen LogP contribution in [0.25, 0.3) is 0 Å². The molecule has 1 heterocycles. The van der Waals surface area contributed by atoms with E-state index in [0.717, 1.165) is 5.82 Å². The van der Waals surface area contributed by atoms with E-state index in [0.29, 0.717) is 12.6 Å². The fraction of sp³-hybridized carbons (Fsp3) is 0.889. The Morgan fingerprint density at radius 2 is 2.07 bits per heavy atom. The third kappa shape index (κ3) is 3.06. The second kappa shape index (κ2) is 4.04. The summed E-state index contributed by atoms with van der Waals surface area (Å²) in [4.78, 5) is 1.47. The van der Waals surface area contributed by atoms with E-state index < -0.39 is 0 Å². The van der Waals surface area contributed by atoms with Crippen LogP contribution in [-0.2, 0) is 13.6 Å². The molecule has 0 fully saturated rings. The van der Waals surface area contributed by atoms with Gasteiger partial charge in [-0.15, -0.1) is 10.2 Å². The molecule has 1 atom stereocenters. The number of rotatable bonds is 3. The second-order valence-electron chi connectivity index (χ2n) is 4.66. The average molecular weight is 197 g/mol. The molecule has 1 unspecified atom stereocenters. The first-order valence-corrected chi connectivity index (χ1v) is 4.86. The van der Waals surface area contributed by atoms with E-state index >= 15 is 0 Å². The predicted molar refractivity (Wildman–Crippen MR) is 54.6 cm³/mol. The van der Waals surface area contributed by atoms with Gasteiger partial charge in [-0.05, 0) is 17.6 Å². The van der Waals surface area contributed by atoms with Crippen molar-refractivity contribution < 1.29 is 0 Å². The molecule has 0 aliphatic heterocycles. The molecule has 0 radical (unpaired) electrons. The van der Waals surface area contributed by atoms with E-state index in [9.17, 15) is 0 Å². The molecule has 5 nitrogen and oxygen atoms in total. The third-order valence-corrected chi connectivity index (χ3v) is 2.42. The van der Waals surface area contributed by atoms with Crippen molar-refractivity contribution in [2.45, 2.75) is 40.3 Å². The van der Waals surface area contributed by atoms with Crippen LogP contribution >= 0.6 is 0 Å². The van der Waals surface area contributed by atoms with Gasteiger partial charge >= 0.3 is 0 Å². The summed E-state index contributed by atoms with van der Waals surface area (Å²) in [5.41, 5.74) is 0.252. The van der Waals surface area contributed by atoms with Gasteiger partial charge in [0.25, 0.3) is 0 Å². The molecule has 0 saturated heterocycles. The van der Waals surface area contributed by atoms with Gasteiger partial charge in [-0.25, -0.2) is 0 Å².